The van der Waals surface area contributed by atoms with Gasteiger partial charge in [-0.3, -0.25) is 0 Å². The number of benzene rings is 2. The van der Waals surface area contributed by atoms with Gasteiger partial charge in [0.1, 0.15) is 0 Å². The summed E-state index contributed by atoms with van der Waals surface area (Å²) in [7, 11) is 0. The van der Waals surface area contributed by atoms with Crippen LogP contribution in [0.3, 0.4) is 0 Å². The number of hydrogen-bond donors (Lipinski definition) is 0. The second-order valence-corrected chi connectivity index (χ2v) is 4.95. The van der Waals surface area contributed by atoms with Crippen LogP contribution in [0.5, 0.6) is 0 Å². The smallest absolute Gasteiger partial charge is 0.0373 e. The Morgan fingerprint density at radius 3 is 2.33 bits per heavy atom. The Bertz CT molecular complexity index is 527. The number of hydrogen-bond acceptors (Lipinski definition) is 2. The SMILES string of the molecule is CCN1CCN(c2ccc3ccccc3c2)CC1. The molecule has 0 saturated carbocycles. The Morgan fingerprint density at radius 2 is 1.61 bits per heavy atom. The normalized spacial score (nSPS) is 17.3. The van der Waals surface area contributed by atoms with E-state index in [2.05, 4.69) is 59.2 Å². The van der Waals surface area contributed by atoms with Gasteiger partial charge in [-0.05, 0) is 29.4 Å². The second kappa shape index (κ2) is 4.99. The molecule has 2 aromatic carbocycles. The van der Waals surface area contributed by atoms with E-state index in [1.807, 2.05) is 0 Å². The lowest BCUT2D eigenvalue weighted by atomic mass is 10.1. The molecule has 0 bridgehead atoms. The largest absolute Gasteiger partial charge is 0.369 e. The highest BCUT2D eigenvalue weighted by Crippen LogP contribution is 2.22. The molecule has 1 aliphatic heterocycles. The molecule has 1 saturated heterocycles. The zero-order chi connectivity index (χ0) is 12.4. The van der Waals surface area contributed by atoms with Crippen LogP contribution in [-0.4, -0.2) is 37.6 Å². The molecular weight excluding hydrogens is 220 g/mol. The first-order valence-corrected chi connectivity index (χ1v) is 6.83. The molecule has 0 N–H and O–H groups in total. The molecule has 0 atom stereocenters. The quantitative estimate of drug-likeness (QED) is 0.796. The Kier molecular flexibility index (Phi) is 3.20. The van der Waals surface area contributed by atoms with E-state index in [0.717, 1.165) is 13.1 Å². The predicted octanol–water partition coefficient (Wildman–Crippen LogP) is 2.98. The average Bonchev–Trinajstić information content (AvgIpc) is 2.47. The van der Waals surface area contributed by atoms with Crippen molar-refractivity contribution in [2.75, 3.05) is 37.6 Å². The highest BCUT2D eigenvalue weighted by molar-refractivity contribution is 5.85. The maximum absolute atomic E-state index is 2.51. The van der Waals surface area contributed by atoms with Gasteiger partial charge in [0.05, 0.1) is 0 Å². The van der Waals surface area contributed by atoms with Crippen LogP contribution in [0.25, 0.3) is 10.8 Å². The number of anilines is 1. The zero-order valence-corrected chi connectivity index (χ0v) is 11.0. The monoisotopic (exact) mass is 240 g/mol. The van der Waals surface area contributed by atoms with Crippen LogP contribution >= 0.6 is 0 Å². The van der Waals surface area contributed by atoms with Gasteiger partial charge in [-0.25, -0.2) is 0 Å². The average molecular weight is 240 g/mol. The van der Waals surface area contributed by atoms with E-state index in [1.165, 1.54) is 36.1 Å². The van der Waals surface area contributed by atoms with Crippen LogP contribution in [0.15, 0.2) is 42.5 Å². The van der Waals surface area contributed by atoms with Gasteiger partial charge in [0.2, 0.25) is 0 Å². The molecule has 0 unspecified atom stereocenters. The van der Waals surface area contributed by atoms with Crippen molar-refractivity contribution < 1.29 is 0 Å². The molecular formula is C16H20N2. The maximum atomic E-state index is 2.51. The standard InChI is InChI=1S/C16H20N2/c1-2-17-9-11-18(12-10-17)16-8-7-14-5-3-4-6-15(14)13-16/h3-8,13H,2,9-12H2,1H3. The van der Waals surface area contributed by atoms with Gasteiger partial charge in [-0.1, -0.05) is 37.3 Å². The summed E-state index contributed by atoms with van der Waals surface area (Å²) >= 11 is 0. The maximum Gasteiger partial charge on any atom is 0.0373 e. The van der Waals surface area contributed by atoms with Crippen molar-refractivity contribution in [2.24, 2.45) is 0 Å². The predicted molar refractivity (Wildman–Crippen MR) is 78.3 cm³/mol. The molecule has 0 aromatic heterocycles. The lowest BCUT2D eigenvalue weighted by Gasteiger charge is -2.35. The lowest BCUT2D eigenvalue weighted by molar-refractivity contribution is 0.271. The molecule has 0 aliphatic carbocycles. The van der Waals surface area contributed by atoms with Gasteiger partial charge in [0, 0.05) is 31.9 Å². The van der Waals surface area contributed by atoms with E-state index in [-0.39, 0.29) is 0 Å². The highest BCUT2D eigenvalue weighted by atomic mass is 15.3. The number of likely N-dealkylation sites (N-methyl/N-ethyl adjacent to an activating group) is 1. The Hall–Kier alpha value is -1.54. The Labute approximate surface area is 109 Å². The Balaban J connectivity index is 1.82. The van der Waals surface area contributed by atoms with Crippen molar-refractivity contribution in [1.82, 2.24) is 4.90 Å². The van der Waals surface area contributed by atoms with Crippen LogP contribution in [0.4, 0.5) is 5.69 Å². The first-order valence-electron chi connectivity index (χ1n) is 6.83. The molecule has 0 spiro atoms. The Morgan fingerprint density at radius 1 is 0.889 bits per heavy atom. The van der Waals surface area contributed by atoms with Gasteiger partial charge >= 0.3 is 0 Å². The topological polar surface area (TPSA) is 6.48 Å². The minimum atomic E-state index is 1.15. The minimum Gasteiger partial charge on any atom is -0.369 e. The molecule has 1 heterocycles. The van der Waals surface area contributed by atoms with E-state index >= 15 is 0 Å². The molecule has 94 valence electrons. The summed E-state index contributed by atoms with van der Waals surface area (Å²) in [6.07, 6.45) is 0. The van der Waals surface area contributed by atoms with E-state index in [0.29, 0.717) is 0 Å². The third-order valence-electron chi connectivity index (χ3n) is 3.92. The van der Waals surface area contributed by atoms with Crippen LogP contribution < -0.4 is 4.90 Å². The molecule has 2 aromatic rings. The van der Waals surface area contributed by atoms with Crippen molar-refractivity contribution in [1.29, 1.82) is 0 Å². The summed E-state index contributed by atoms with van der Waals surface area (Å²) in [6, 6.07) is 15.4. The second-order valence-electron chi connectivity index (χ2n) is 4.95. The highest BCUT2D eigenvalue weighted by Gasteiger charge is 2.15. The molecule has 2 nitrogen and oxygen atoms in total. The molecule has 1 fully saturated rings. The molecule has 3 rings (SSSR count). The fraction of sp³-hybridized carbons (Fsp3) is 0.375. The third-order valence-corrected chi connectivity index (χ3v) is 3.92. The summed E-state index contributed by atoms with van der Waals surface area (Å²) in [6.45, 7) is 8.07. The third kappa shape index (κ3) is 2.21. The van der Waals surface area contributed by atoms with Crippen LogP contribution in [0.2, 0.25) is 0 Å². The molecule has 0 radical (unpaired) electrons. The summed E-state index contributed by atoms with van der Waals surface area (Å²) < 4.78 is 0. The van der Waals surface area contributed by atoms with Gasteiger partial charge in [0.25, 0.3) is 0 Å². The molecule has 0 amide bonds. The van der Waals surface area contributed by atoms with Gasteiger partial charge in [0.15, 0.2) is 0 Å². The number of nitrogens with zero attached hydrogens (tertiary/aromatic N) is 2. The van der Waals surface area contributed by atoms with E-state index in [4.69, 9.17) is 0 Å². The van der Waals surface area contributed by atoms with E-state index in [9.17, 15) is 0 Å². The van der Waals surface area contributed by atoms with Crippen LogP contribution in [-0.2, 0) is 0 Å². The molecule has 18 heavy (non-hydrogen) atoms. The zero-order valence-electron chi connectivity index (χ0n) is 11.0. The van der Waals surface area contributed by atoms with Gasteiger partial charge in [-0.2, -0.15) is 0 Å². The van der Waals surface area contributed by atoms with Crippen molar-refractivity contribution in [3.8, 4) is 0 Å². The number of piperazine rings is 1. The van der Waals surface area contributed by atoms with Crippen molar-refractivity contribution in [3.05, 3.63) is 42.5 Å². The first kappa shape index (κ1) is 11.5. The fourth-order valence-corrected chi connectivity index (χ4v) is 2.70. The van der Waals surface area contributed by atoms with Gasteiger partial charge in [-0.15, -0.1) is 0 Å². The first-order chi connectivity index (χ1) is 8.86. The summed E-state index contributed by atoms with van der Waals surface area (Å²) in [4.78, 5) is 5.01. The minimum absolute atomic E-state index is 1.15. The van der Waals surface area contributed by atoms with Crippen molar-refractivity contribution >= 4 is 16.5 Å². The number of fused-ring (bicyclic) bond motifs is 1. The van der Waals surface area contributed by atoms with Crippen LogP contribution in [0.1, 0.15) is 6.92 Å². The van der Waals surface area contributed by atoms with Crippen molar-refractivity contribution in [3.63, 3.8) is 0 Å². The molecule has 2 heteroatoms. The van der Waals surface area contributed by atoms with Gasteiger partial charge < -0.3 is 9.80 Å². The summed E-state index contributed by atoms with van der Waals surface area (Å²) in [5.41, 5.74) is 1.37. The fourth-order valence-electron chi connectivity index (χ4n) is 2.70. The summed E-state index contributed by atoms with van der Waals surface area (Å²) in [5.74, 6) is 0. The van der Waals surface area contributed by atoms with E-state index in [1.54, 1.807) is 0 Å². The lowest BCUT2D eigenvalue weighted by Crippen LogP contribution is -2.46. The summed E-state index contributed by atoms with van der Waals surface area (Å²) in [5, 5.41) is 2.67. The number of rotatable bonds is 2. The van der Waals surface area contributed by atoms with E-state index < -0.39 is 0 Å². The van der Waals surface area contributed by atoms with Crippen molar-refractivity contribution in [2.45, 2.75) is 6.92 Å². The van der Waals surface area contributed by atoms with Crippen LogP contribution in [0, 0.1) is 0 Å². The molecule has 1 aliphatic rings.